The van der Waals surface area contributed by atoms with E-state index in [4.69, 9.17) is 0 Å². The molecule has 4 heteroatoms. The van der Waals surface area contributed by atoms with Gasteiger partial charge in [-0.05, 0) is 12.8 Å². The number of hydrogen-bond donors (Lipinski definition) is 1. The smallest absolute Gasteiger partial charge is 0.312 e. The lowest BCUT2D eigenvalue weighted by Gasteiger charge is -2.14. The van der Waals surface area contributed by atoms with Gasteiger partial charge in [0.1, 0.15) is 6.29 Å². The molecule has 1 aliphatic carbocycles. The van der Waals surface area contributed by atoms with Crippen LogP contribution in [0, 0.1) is 11.8 Å². The number of ether oxygens (including phenoxy) is 1. The largest absolute Gasteiger partial charge is 0.469 e. The Labute approximate surface area is 70.5 Å². The van der Waals surface area contributed by atoms with Crippen molar-refractivity contribution in [3.63, 3.8) is 0 Å². The van der Waals surface area contributed by atoms with Gasteiger partial charge >= 0.3 is 5.97 Å². The van der Waals surface area contributed by atoms with E-state index in [1.807, 2.05) is 0 Å². The molecule has 4 nitrogen and oxygen atoms in total. The first-order chi connectivity index (χ1) is 5.70. The molecule has 0 aromatic rings. The minimum absolute atomic E-state index is 0.368. The summed E-state index contributed by atoms with van der Waals surface area (Å²) in [5, 5.41) is 9.33. The van der Waals surface area contributed by atoms with Crippen molar-refractivity contribution in [3.8, 4) is 0 Å². The van der Waals surface area contributed by atoms with E-state index in [1.165, 1.54) is 7.11 Å². The van der Waals surface area contributed by atoms with Crippen LogP contribution in [-0.2, 0) is 14.3 Å². The summed E-state index contributed by atoms with van der Waals surface area (Å²) in [4.78, 5) is 21.5. The van der Waals surface area contributed by atoms with Crippen LogP contribution >= 0.6 is 0 Å². The van der Waals surface area contributed by atoms with E-state index in [-0.39, 0.29) is 5.92 Å². The van der Waals surface area contributed by atoms with E-state index in [1.54, 1.807) is 0 Å². The molecule has 1 aliphatic rings. The predicted molar refractivity (Wildman–Crippen MR) is 40.3 cm³/mol. The summed E-state index contributed by atoms with van der Waals surface area (Å²) in [5.74, 6) is -1.50. The number of carbonyl (C=O) groups is 2. The predicted octanol–water partition coefficient (Wildman–Crippen LogP) is -0.255. The fourth-order valence-corrected chi connectivity index (χ4v) is 1.63. The second-order valence-electron chi connectivity index (χ2n) is 2.99. The van der Waals surface area contributed by atoms with Gasteiger partial charge in [-0.25, -0.2) is 0 Å². The van der Waals surface area contributed by atoms with E-state index in [0.29, 0.717) is 12.8 Å². The molecule has 12 heavy (non-hydrogen) atoms. The third kappa shape index (κ3) is 1.48. The minimum atomic E-state index is -0.715. The summed E-state index contributed by atoms with van der Waals surface area (Å²) in [7, 11) is 1.26. The highest BCUT2D eigenvalue weighted by atomic mass is 16.5. The Balaban J connectivity index is 2.69. The van der Waals surface area contributed by atoms with Crippen molar-refractivity contribution in [2.75, 3.05) is 7.11 Å². The van der Waals surface area contributed by atoms with Crippen LogP contribution in [0.4, 0.5) is 0 Å². The minimum Gasteiger partial charge on any atom is -0.469 e. The summed E-state index contributed by atoms with van der Waals surface area (Å²) in [6.07, 6.45) is 1.08. The highest BCUT2D eigenvalue weighted by Gasteiger charge is 2.40. The fraction of sp³-hybridized carbons (Fsp3) is 0.750. The van der Waals surface area contributed by atoms with Gasteiger partial charge in [-0.15, -0.1) is 0 Å². The number of esters is 1. The van der Waals surface area contributed by atoms with Crippen molar-refractivity contribution in [1.82, 2.24) is 0 Å². The Bertz CT molecular complexity index is 189. The normalized spacial score (nSPS) is 34.7. The standard InChI is InChI=1S/C8H12O4/c1-12-8(11)7-5(4-9)2-3-6(7)10/h4-7,10H,2-3H2,1H3/t5-,6-,7-/m0/s1. The van der Waals surface area contributed by atoms with Crippen molar-refractivity contribution in [2.45, 2.75) is 18.9 Å². The maximum absolute atomic E-state index is 11.1. The molecular weight excluding hydrogens is 160 g/mol. The molecule has 0 unspecified atom stereocenters. The van der Waals surface area contributed by atoms with Gasteiger partial charge in [-0.2, -0.15) is 0 Å². The van der Waals surface area contributed by atoms with Gasteiger partial charge in [0.15, 0.2) is 0 Å². The van der Waals surface area contributed by atoms with Gasteiger partial charge in [-0.3, -0.25) is 4.79 Å². The van der Waals surface area contributed by atoms with Crippen LogP contribution in [0.1, 0.15) is 12.8 Å². The van der Waals surface area contributed by atoms with Crippen molar-refractivity contribution in [1.29, 1.82) is 0 Å². The molecule has 0 aromatic carbocycles. The Kier molecular flexibility index (Phi) is 2.81. The molecule has 0 amide bonds. The Morgan fingerprint density at radius 3 is 2.75 bits per heavy atom. The molecule has 0 aromatic heterocycles. The monoisotopic (exact) mass is 172 g/mol. The number of methoxy groups -OCH3 is 1. The number of aliphatic hydroxyl groups excluding tert-OH is 1. The second kappa shape index (κ2) is 3.67. The van der Waals surface area contributed by atoms with Gasteiger partial charge in [0.2, 0.25) is 0 Å². The zero-order chi connectivity index (χ0) is 9.14. The summed E-state index contributed by atoms with van der Waals surface area (Å²) >= 11 is 0. The quantitative estimate of drug-likeness (QED) is 0.460. The van der Waals surface area contributed by atoms with Crippen LogP contribution in [0.5, 0.6) is 0 Å². The molecule has 0 aliphatic heterocycles. The maximum atomic E-state index is 11.1. The van der Waals surface area contributed by atoms with Gasteiger partial charge in [0.25, 0.3) is 0 Å². The van der Waals surface area contributed by atoms with Crippen LogP contribution in [-0.4, -0.2) is 30.6 Å². The second-order valence-corrected chi connectivity index (χ2v) is 2.99. The maximum Gasteiger partial charge on any atom is 0.312 e. The molecule has 0 saturated heterocycles. The Morgan fingerprint density at radius 2 is 2.25 bits per heavy atom. The van der Waals surface area contributed by atoms with Crippen LogP contribution in [0.25, 0.3) is 0 Å². The van der Waals surface area contributed by atoms with Crippen molar-refractivity contribution in [2.24, 2.45) is 11.8 Å². The zero-order valence-corrected chi connectivity index (χ0v) is 6.90. The topological polar surface area (TPSA) is 63.6 Å². The summed E-state index contributed by atoms with van der Waals surface area (Å²) in [6.45, 7) is 0. The van der Waals surface area contributed by atoms with E-state index >= 15 is 0 Å². The van der Waals surface area contributed by atoms with Crippen molar-refractivity contribution >= 4 is 12.3 Å². The van der Waals surface area contributed by atoms with Crippen LogP contribution < -0.4 is 0 Å². The van der Waals surface area contributed by atoms with E-state index in [9.17, 15) is 14.7 Å². The van der Waals surface area contributed by atoms with Gasteiger partial charge in [0.05, 0.1) is 19.1 Å². The Morgan fingerprint density at radius 1 is 1.58 bits per heavy atom. The lowest BCUT2D eigenvalue weighted by molar-refractivity contribution is -0.151. The molecule has 1 fully saturated rings. The number of carbonyl (C=O) groups excluding carboxylic acids is 2. The number of rotatable bonds is 2. The third-order valence-electron chi connectivity index (χ3n) is 2.32. The molecule has 1 rings (SSSR count). The average molecular weight is 172 g/mol. The molecule has 0 heterocycles. The molecule has 68 valence electrons. The fourth-order valence-electron chi connectivity index (χ4n) is 1.63. The van der Waals surface area contributed by atoms with Gasteiger partial charge < -0.3 is 14.6 Å². The first-order valence-corrected chi connectivity index (χ1v) is 3.92. The van der Waals surface area contributed by atoms with Gasteiger partial charge in [0, 0.05) is 5.92 Å². The molecule has 0 bridgehead atoms. The lowest BCUT2D eigenvalue weighted by Crippen LogP contribution is -2.29. The van der Waals surface area contributed by atoms with Crippen LogP contribution in [0.3, 0.4) is 0 Å². The summed E-state index contributed by atoms with van der Waals surface area (Å²) < 4.78 is 4.48. The first kappa shape index (κ1) is 9.19. The Hall–Kier alpha value is -0.900. The first-order valence-electron chi connectivity index (χ1n) is 3.92. The molecule has 1 saturated carbocycles. The van der Waals surface area contributed by atoms with E-state index in [2.05, 4.69) is 4.74 Å². The molecule has 0 radical (unpaired) electrons. The molecule has 0 spiro atoms. The summed E-state index contributed by atoms with van der Waals surface area (Å²) in [6, 6.07) is 0. The number of hydrogen-bond acceptors (Lipinski definition) is 4. The SMILES string of the molecule is COC(=O)[C@H]1[C@H](C=O)CC[C@@H]1O. The third-order valence-corrected chi connectivity index (χ3v) is 2.32. The highest BCUT2D eigenvalue weighted by Crippen LogP contribution is 2.31. The van der Waals surface area contributed by atoms with Crippen LogP contribution in [0.2, 0.25) is 0 Å². The zero-order valence-electron chi connectivity index (χ0n) is 6.90. The van der Waals surface area contributed by atoms with Gasteiger partial charge in [-0.1, -0.05) is 0 Å². The lowest BCUT2D eigenvalue weighted by atomic mass is 9.96. The molecule has 1 N–H and O–H groups in total. The average Bonchev–Trinajstić information content (AvgIpc) is 2.45. The van der Waals surface area contributed by atoms with Crippen LogP contribution in [0.15, 0.2) is 0 Å². The van der Waals surface area contributed by atoms with E-state index < -0.39 is 18.0 Å². The van der Waals surface area contributed by atoms with Crippen molar-refractivity contribution in [3.05, 3.63) is 0 Å². The number of aldehydes is 1. The summed E-state index contributed by atoms with van der Waals surface area (Å²) in [5.41, 5.74) is 0. The highest BCUT2D eigenvalue weighted by molar-refractivity contribution is 5.78. The molecule has 3 atom stereocenters. The molecular formula is C8H12O4. The number of aliphatic hydroxyl groups is 1. The van der Waals surface area contributed by atoms with Crippen molar-refractivity contribution < 1.29 is 19.4 Å². The van der Waals surface area contributed by atoms with E-state index in [0.717, 1.165) is 6.29 Å².